The normalized spacial score (nSPS) is 19.6. The molecule has 0 aliphatic carbocycles. The summed E-state index contributed by atoms with van der Waals surface area (Å²) in [5, 5.41) is 2.68. The molecule has 3 N–H and O–H groups in total. The van der Waals surface area contributed by atoms with Crippen LogP contribution < -0.4 is 19.9 Å². The van der Waals surface area contributed by atoms with Gasteiger partial charge in [0.05, 0.1) is 5.56 Å². The lowest BCUT2D eigenvalue weighted by Gasteiger charge is -2.29. The van der Waals surface area contributed by atoms with Crippen molar-refractivity contribution in [1.82, 2.24) is 0 Å². The molecule has 2 aromatic carbocycles. The molecular weight excluding hydrogens is 383 g/mol. The fourth-order valence-corrected chi connectivity index (χ4v) is 3.39. The van der Waals surface area contributed by atoms with Crippen molar-refractivity contribution in [3.8, 4) is 5.75 Å². The number of halogens is 3. The molecule has 0 bridgehead atoms. The van der Waals surface area contributed by atoms with Crippen LogP contribution >= 0.6 is 0 Å². The first-order valence-electron chi connectivity index (χ1n) is 9.72. The molecule has 1 amide bonds. The molecule has 5 nitrogen and oxygen atoms in total. The number of piperazine rings is 1. The third-order valence-electron chi connectivity index (χ3n) is 5.04. The second-order valence-electron chi connectivity index (χ2n) is 7.21. The van der Waals surface area contributed by atoms with Crippen LogP contribution in [0.5, 0.6) is 5.75 Å². The Morgan fingerprint density at radius 2 is 1.55 bits per heavy atom. The zero-order chi connectivity index (χ0) is 20.7. The number of rotatable bonds is 7. The van der Waals surface area contributed by atoms with Crippen LogP contribution in [0.3, 0.4) is 0 Å². The Balaban J connectivity index is 1.35. The number of carbonyl (C=O) groups is 1. The largest absolute Gasteiger partial charge is 0.488 e. The highest BCUT2D eigenvalue weighted by atomic mass is 19.4. The number of quaternary nitrogens is 2. The van der Waals surface area contributed by atoms with Gasteiger partial charge in [0.1, 0.15) is 45.1 Å². The van der Waals surface area contributed by atoms with Gasteiger partial charge in [-0.3, -0.25) is 4.79 Å². The fraction of sp³-hybridized carbons (Fsp3) is 0.381. The zero-order valence-electron chi connectivity index (χ0n) is 16.1. The van der Waals surface area contributed by atoms with Gasteiger partial charge in [-0.1, -0.05) is 18.2 Å². The van der Waals surface area contributed by atoms with Gasteiger partial charge >= 0.3 is 6.18 Å². The van der Waals surface area contributed by atoms with E-state index in [9.17, 15) is 18.0 Å². The lowest BCUT2D eigenvalue weighted by atomic mass is 10.2. The summed E-state index contributed by atoms with van der Waals surface area (Å²) in [6.45, 7) is 5.56. The summed E-state index contributed by atoms with van der Waals surface area (Å²) in [5.74, 6) is 0.687. The molecule has 2 aromatic rings. The van der Waals surface area contributed by atoms with Crippen LogP contribution in [0.4, 0.5) is 18.9 Å². The summed E-state index contributed by atoms with van der Waals surface area (Å²) in [4.78, 5) is 14.8. The van der Waals surface area contributed by atoms with Gasteiger partial charge in [0.25, 0.3) is 5.91 Å². The van der Waals surface area contributed by atoms with Gasteiger partial charge in [0, 0.05) is 5.69 Å². The highest BCUT2D eigenvalue weighted by Crippen LogP contribution is 2.29. The molecule has 1 heterocycles. The van der Waals surface area contributed by atoms with Crippen LogP contribution in [0, 0.1) is 0 Å². The summed E-state index contributed by atoms with van der Waals surface area (Å²) in [7, 11) is 0. The van der Waals surface area contributed by atoms with Crippen LogP contribution in [0.2, 0.25) is 0 Å². The highest BCUT2D eigenvalue weighted by Gasteiger charge is 2.30. The van der Waals surface area contributed by atoms with Gasteiger partial charge in [-0.05, 0) is 36.4 Å². The van der Waals surface area contributed by atoms with Crippen molar-refractivity contribution in [3.05, 3.63) is 60.2 Å². The maximum atomic E-state index is 12.6. The smallest absolute Gasteiger partial charge is 0.416 e. The zero-order valence-corrected chi connectivity index (χ0v) is 16.1. The molecule has 0 aromatic heterocycles. The number of ether oxygens (including phenoxy) is 1. The number of para-hydroxylation sites is 1. The summed E-state index contributed by atoms with van der Waals surface area (Å²) in [5.41, 5.74) is -0.346. The monoisotopic (exact) mass is 409 g/mol. The Bertz CT molecular complexity index is 774. The second kappa shape index (κ2) is 9.76. The number of nitrogens with one attached hydrogen (secondary N) is 3. The standard InChI is InChI=1S/C21H24F3N3O2/c22-21(23,24)17-6-8-18(9-7-17)25-20(28)16-27-12-10-26(11-13-27)14-15-29-19-4-2-1-3-5-19/h1-9H,10-16H2,(H,25,28)/p+2. The van der Waals surface area contributed by atoms with E-state index < -0.39 is 11.7 Å². The van der Waals surface area contributed by atoms with E-state index in [4.69, 9.17) is 4.74 Å². The molecule has 0 radical (unpaired) electrons. The van der Waals surface area contributed by atoms with Crippen molar-refractivity contribution in [1.29, 1.82) is 0 Å². The molecule has 156 valence electrons. The maximum absolute atomic E-state index is 12.6. The minimum atomic E-state index is -4.37. The number of amides is 1. The molecule has 8 heteroatoms. The third-order valence-corrected chi connectivity index (χ3v) is 5.04. The van der Waals surface area contributed by atoms with Crippen LogP contribution in [0.25, 0.3) is 0 Å². The minimum absolute atomic E-state index is 0.185. The van der Waals surface area contributed by atoms with Gasteiger partial charge in [0.2, 0.25) is 0 Å². The Morgan fingerprint density at radius 1 is 0.931 bits per heavy atom. The Hall–Kier alpha value is -2.58. The van der Waals surface area contributed by atoms with Crippen LogP contribution in [-0.2, 0) is 11.0 Å². The lowest BCUT2D eigenvalue weighted by Crippen LogP contribution is -3.28. The number of anilines is 1. The topological polar surface area (TPSA) is 47.2 Å². The molecule has 1 aliphatic rings. The minimum Gasteiger partial charge on any atom is -0.488 e. The first-order valence-corrected chi connectivity index (χ1v) is 9.72. The van der Waals surface area contributed by atoms with E-state index in [-0.39, 0.29) is 5.91 Å². The lowest BCUT2D eigenvalue weighted by molar-refractivity contribution is -1.01. The summed E-state index contributed by atoms with van der Waals surface area (Å²) >= 11 is 0. The average Bonchev–Trinajstić information content (AvgIpc) is 2.70. The van der Waals surface area contributed by atoms with Crippen molar-refractivity contribution in [2.45, 2.75) is 6.18 Å². The van der Waals surface area contributed by atoms with E-state index in [2.05, 4.69) is 5.32 Å². The van der Waals surface area contributed by atoms with Gasteiger partial charge in [-0.2, -0.15) is 13.2 Å². The van der Waals surface area contributed by atoms with Crippen LogP contribution in [-0.4, -0.2) is 51.8 Å². The predicted molar refractivity (Wildman–Crippen MR) is 103 cm³/mol. The molecule has 29 heavy (non-hydrogen) atoms. The summed E-state index contributed by atoms with van der Waals surface area (Å²) in [6, 6.07) is 14.2. The highest BCUT2D eigenvalue weighted by molar-refractivity contribution is 5.91. The second-order valence-corrected chi connectivity index (χ2v) is 7.21. The maximum Gasteiger partial charge on any atom is 0.416 e. The average molecular weight is 409 g/mol. The first kappa shape index (κ1) is 21.1. The molecule has 0 unspecified atom stereocenters. The van der Waals surface area contributed by atoms with Crippen LogP contribution in [0.15, 0.2) is 54.6 Å². The molecule has 0 saturated carbocycles. The molecule has 1 fully saturated rings. The Morgan fingerprint density at radius 3 is 2.17 bits per heavy atom. The fourth-order valence-electron chi connectivity index (χ4n) is 3.39. The SMILES string of the molecule is O=C(C[NH+]1CC[NH+](CCOc2ccccc2)CC1)Nc1ccc(C(F)(F)F)cc1. The summed E-state index contributed by atoms with van der Waals surface area (Å²) in [6.07, 6.45) is -4.37. The number of hydrogen-bond acceptors (Lipinski definition) is 2. The van der Waals surface area contributed by atoms with Gasteiger partial charge in [-0.25, -0.2) is 0 Å². The van der Waals surface area contributed by atoms with Crippen molar-refractivity contribution in [2.75, 3.05) is 51.2 Å². The number of benzene rings is 2. The third kappa shape index (κ3) is 6.76. The predicted octanol–water partition coefficient (Wildman–Crippen LogP) is 0.506. The molecule has 0 atom stereocenters. The Labute approximate surface area is 168 Å². The van der Waals surface area contributed by atoms with Crippen molar-refractivity contribution < 1.29 is 32.5 Å². The molecular formula is C21H26F3N3O2+2. The van der Waals surface area contributed by atoms with E-state index in [1.807, 2.05) is 30.3 Å². The van der Waals surface area contributed by atoms with Crippen molar-refractivity contribution >= 4 is 11.6 Å². The molecule has 1 aliphatic heterocycles. The van der Waals surface area contributed by atoms with Crippen LogP contribution in [0.1, 0.15) is 5.56 Å². The number of alkyl halides is 3. The molecule has 3 rings (SSSR count). The van der Waals surface area contributed by atoms with E-state index in [0.717, 1.165) is 50.6 Å². The van der Waals surface area contributed by atoms with E-state index in [1.165, 1.54) is 21.9 Å². The Kier molecular flexibility index (Phi) is 7.11. The van der Waals surface area contributed by atoms with Crippen molar-refractivity contribution in [2.24, 2.45) is 0 Å². The van der Waals surface area contributed by atoms with E-state index in [1.54, 1.807) is 0 Å². The quantitative estimate of drug-likeness (QED) is 0.624. The molecule has 0 spiro atoms. The van der Waals surface area contributed by atoms with E-state index in [0.29, 0.717) is 18.8 Å². The van der Waals surface area contributed by atoms with Gasteiger partial charge in [-0.15, -0.1) is 0 Å². The van der Waals surface area contributed by atoms with Gasteiger partial charge < -0.3 is 19.9 Å². The first-order chi connectivity index (χ1) is 13.9. The summed E-state index contributed by atoms with van der Waals surface area (Å²) < 4.78 is 43.5. The van der Waals surface area contributed by atoms with Crippen molar-refractivity contribution in [3.63, 3.8) is 0 Å². The van der Waals surface area contributed by atoms with Gasteiger partial charge in [0.15, 0.2) is 6.54 Å². The van der Waals surface area contributed by atoms with E-state index >= 15 is 0 Å². The molecule has 1 saturated heterocycles. The number of hydrogen-bond donors (Lipinski definition) is 3. The number of carbonyl (C=O) groups excluding carboxylic acids is 1.